The van der Waals surface area contributed by atoms with Gasteiger partial charge in [-0.15, -0.1) is 5.10 Å². The number of aryl methyl sites for hydroxylation is 1. The Hall–Kier alpha value is -1.43. The lowest BCUT2D eigenvalue weighted by Gasteiger charge is -2.16. The van der Waals surface area contributed by atoms with E-state index < -0.39 is 5.54 Å². The number of rotatable bonds is 3. The Bertz CT molecular complexity index is 326. The van der Waals surface area contributed by atoms with Crippen LogP contribution in [-0.2, 0) is 4.79 Å². The standard InChI is InChI=1S/C8H14N4O2/c1-5-11-12-7(14-5)10-6(13)4-8(2,3)9/h4,9H2,1-3H3,(H,10,12,13). The fraction of sp³-hybridized carbons (Fsp3) is 0.625. The summed E-state index contributed by atoms with van der Waals surface area (Å²) in [6.45, 7) is 5.19. The highest BCUT2D eigenvalue weighted by molar-refractivity contribution is 5.89. The Labute approximate surface area is 81.9 Å². The van der Waals surface area contributed by atoms with Crippen molar-refractivity contribution in [3.05, 3.63) is 5.89 Å². The van der Waals surface area contributed by atoms with Crippen molar-refractivity contribution in [1.82, 2.24) is 10.2 Å². The van der Waals surface area contributed by atoms with Crippen LogP contribution in [0.2, 0.25) is 0 Å². The molecule has 0 radical (unpaired) electrons. The molecule has 1 rings (SSSR count). The number of anilines is 1. The fourth-order valence-electron chi connectivity index (χ4n) is 0.924. The van der Waals surface area contributed by atoms with E-state index in [9.17, 15) is 4.79 Å². The topological polar surface area (TPSA) is 94.0 Å². The van der Waals surface area contributed by atoms with Crippen molar-refractivity contribution in [2.75, 3.05) is 5.32 Å². The molecule has 1 aromatic rings. The summed E-state index contributed by atoms with van der Waals surface area (Å²) >= 11 is 0. The summed E-state index contributed by atoms with van der Waals surface area (Å²) in [5, 5.41) is 9.66. The summed E-state index contributed by atoms with van der Waals surface area (Å²) in [4.78, 5) is 11.3. The number of nitrogens with one attached hydrogen (secondary N) is 1. The number of hydrogen-bond donors (Lipinski definition) is 2. The van der Waals surface area contributed by atoms with E-state index in [0.717, 1.165) is 0 Å². The first-order valence-corrected chi connectivity index (χ1v) is 4.26. The predicted molar refractivity (Wildman–Crippen MR) is 50.5 cm³/mol. The van der Waals surface area contributed by atoms with Gasteiger partial charge in [0.05, 0.1) is 0 Å². The number of hydrogen-bond acceptors (Lipinski definition) is 5. The quantitative estimate of drug-likeness (QED) is 0.735. The van der Waals surface area contributed by atoms with E-state index in [1.54, 1.807) is 20.8 Å². The molecule has 0 aliphatic carbocycles. The average molecular weight is 198 g/mol. The molecular weight excluding hydrogens is 184 g/mol. The zero-order chi connectivity index (χ0) is 10.8. The van der Waals surface area contributed by atoms with Crippen LogP contribution >= 0.6 is 0 Å². The fourth-order valence-corrected chi connectivity index (χ4v) is 0.924. The molecule has 0 aliphatic rings. The molecule has 0 atom stereocenters. The molecule has 0 spiro atoms. The van der Waals surface area contributed by atoms with Gasteiger partial charge in [0, 0.05) is 18.9 Å². The number of carbonyl (C=O) groups is 1. The van der Waals surface area contributed by atoms with E-state index in [1.165, 1.54) is 0 Å². The Balaban J connectivity index is 2.50. The zero-order valence-electron chi connectivity index (χ0n) is 8.50. The lowest BCUT2D eigenvalue weighted by atomic mass is 10.0. The predicted octanol–water partition coefficient (Wildman–Crippen LogP) is 0.444. The van der Waals surface area contributed by atoms with Gasteiger partial charge in [-0.3, -0.25) is 10.1 Å². The maximum absolute atomic E-state index is 11.3. The molecule has 0 fully saturated rings. The Morgan fingerprint density at radius 2 is 2.21 bits per heavy atom. The summed E-state index contributed by atoms with van der Waals surface area (Å²) in [6, 6.07) is 0.108. The number of amides is 1. The minimum Gasteiger partial charge on any atom is -0.408 e. The minimum atomic E-state index is -0.543. The van der Waals surface area contributed by atoms with Crippen molar-refractivity contribution < 1.29 is 9.21 Å². The Morgan fingerprint density at radius 3 is 2.64 bits per heavy atom. The highest BCUT2D eigenvalue weighted by Gasteiger charge is 2.17. The molecule has 0 unspecified atom stereocenters. The Kier molecular flexibility index (Phi) is 2.85. The Morgan fingerprint density at radius 1 is 1.57 bits per heavy atom. The molecule has 0 bridgehead atoms. The van der Waals surface area contributed by atoms with Gasteiger partial charge in [0.1, 0.15) is 0 Å². The van der Waals surface area contributed by atoms with Crippen LogP contribution in [0.15, 0.2) is 4.42 Å². The van der Waals surface area contributed by atoms with Crippen molar-refractivity contribution in [2.45, 2.75) is 32.7 Å². The first kappa shape index (κ1) is 10.6. The van der Waals surface area contributed by atoms with Gasteiger partial charge in [0.2, 0.25) is 11.8 Å². The van der Waals surface area contributed by atoms with Gasteiger partial charge < -0.3 is 10.2 Å². The van der Waals surface area contributed by atoms with E-state index in [-0.39, 0.29) is 18.3 Å². The number of aromatic nitrogens is 2. The van der Waals surface area contributed by atoms with Crippen LogP contribution in [0.3, 0.4) is 0 Å². The highest BCUT2D eigenvalue weighted by Crippen LogP contribution is 2.08. The molecule has 6 nitrogen and oxygen atoms in total. The molecule has 1 aromatic heterocycles. The van der Waals surface area contributed by atoms with Crippen LogP contribution in [0.5, 0.6) is 0 Å². The summed E-state index contributed by atoms with van der Waals surface area (Å²) in [5.74, 6) is 0.174. The van der Waals surface area contributed by atoms with Crippen molar-refractivity contribution in [3.63, 3.8) is 0 Å². The molecule has 0 aromatic carbocycles. The molecule has 1 amide bonds. The van der Waals surface area contributed by atoms with E-state index in [2.05, 4.69) is 15.5 Å². The van der Waals surface area contributed by atoms with E-state index in [0.29, 0.717) is 5.89 Å². The van der Waals surface area contributed by atoms with Crippen LogP contribution in [0.4, 0.5) is 6.01 Å². The highest BCUT2D eigenvalue weighted by atomic mass is 16.4. The lowest BCUT2D eigenvalue weighted by Crippen LogP contribution is -2.36. The van der Waals surface area contributed by atoms with E-state index in [1.807, 2.05) is 0 Å². The molecule has 14 heavy (non-hydrogen) atoms. The zero-order valence-corrected chi connectivity index (χ0v) is 8.50. The van der Waals surface area contributed by atoms with Gasteiger partial charge in [0.15, 0.2) is 0 Å². The van der Waals surface area contributed by atoms with Crippen molar-refractivity contribution in [3.8, 4) is 0 Å². The molecule has 6 heteroatoms. The minimum absolute atomic E-state index is 0.108. The van der Waals surface area contributed by atoms with Crippen LogP contribution in [0, 0.1) is 6.92 Å². The van der Waals surface area contributed by atoms with Crippen molar-refractivity contribution in [2.24, 2.45) is 5.73 Å². The van der Waals surface area contributed by atoms with Gasteiger partial charge in [-0.1, -0.05) is 5.10 Å². The van der Waals surface area contributed by atoms with E-state index >= 15 is 0 Å². The number of nitrogens with zero attached hydrogens (tertiary/aromatic N) is 2. The maximum Gasteiger partial charge on any atom is 0.322 e. The molecule has 3 N–H and O–H groups in total. The monoisotopic (exact) mass is 198 g/mol. The lowest BCUT2D eigenvalue weighted by molar-refractivity contribution is -0.117. The van der Waals surface area contributed by atoms with Crippen LogP contribution in [0.1, 0.15) is 26.2 Å². The van der Waals surface area contributed by atoms with Gasteiger partial charge in [-0.05, 0) is 13.8 Å². The third-order valence-corrected chi connectivity index (χ3v) is 1.39. The third-order valence-electron chi connectivity index (χ3n) is 1.39. The van der Waals surface area contributed by atoms with Crippen LogP contribution in [-0.4, -0.2) is 21.6 Å². The third kappa shape index (κ3) is 3.53. The summed E-state index contributed by atoms with van der Waals surface area (Å²) in [7, 11) is 0. The van der Waals surface area contributed by atoms with Crippen molar-refractivity contribution in [1.29, 1.82) is 0 Å². The molecule has 1 heterocycles. The van der Waals surface area contributed by atoms with Crippen LogP contribution < -0.4 is 11.1 Å². The number of carbonyl (C=O) groups excluding carboxylic acids is 1. The first-order chi connectivity index (χ1) is 6.37. The summed E-state index contributed by atoms with van der Waals surface area (Å²) in [6.07, 6.45) is 0.203. The van der Waals surface area contributed by atoms with Crippen molar-refractivity contribution >= 4 is 11.9 Å². The summed E-state index contributed by atoms with van der Waals surface area (Å²) in [5.41, 5.74) is 5.13. The smallest absolute Gasteiger partial charge is 0.322 e. The normalized spacial score (nSPS) is 11.4. The van der Waals surface area contributed by atoms with Gasteiger partial charge in [0.25, 0.3) is 0 Å². The van der Waals surface area contributed by atoms with Gasteiger partial charge >= 0.3 is 6.01 Å². The second kappa shape index (κ2) is 3.75. The molecular formula is C8H14N4O2. The summed E-state index contributed by atoms with van der Waals surface area (Å²) < 4.78 is 4.97. The molecule has 78 valence electrons. The first-order valence-electron chi connectivity index (χ1n) is 4.26. The second-order valence-electron chi connectivity index (χ2n) is 3.84. The average Bonchev–Trinajstić information content (AvgIpc) is 2.30. The van der Waals surface area contributed by atoms with Crippen LogP contribution in [0.25, 0.3) is 0 Å². The number of nitrogens with two attached hydrogens (primary N) is 1. The molecule has 0 saturated carbocycles. The maximum atomic E-state index is 11.3. The van der Waals surface area contributed by atoms with Gasteiger partial charge in [-0.2, -0.15) is 0 Å². The van der Waals surface area contributed by atoms with E-state index in [4.69, 9.17) is 10.2 Å². The SMILES string of the molecule is Cc1nnc(NC(=O)CC(C)(C)N)o1. The van der Waals surface area contributed by atoms with Gasteiger partial charge in [-0.25, -0.2) is 0 Å². The molecule has 0 aliphatic heterocycles. The second-order valence-corrected chi connectivity index (χ2v) is 3.84. The largest absolute Gasteiger partial charge is 0.408 e. The molecule has 0 saturated heterocycles.